The topological polar surface area (TPSA) is 79.5 Å². The van der Waals surface area contributed by atoms with Gasteiger partial charge in [0.05, 0.1) is 5.57 Å². The number of nitrogens with zero attached hydrogens (tertiary/aromatic N) is 2. The summed E-state index contributed by atoms with van der Waals surface area (Å²) in [5.74, 6) is 0. The largest absolute Gasteiger partial charge is 0.318 e. The third-order valence-electron chi connectivity index (χ3n) is 2.25. The van der Waals surface area contributed by atoms with Crippen molar-refractivity contribution in [1.82, 2.24) is 0 Å². The minimum Gasteiger partial charge on any atom is -0.269 e. The second-order valence-electron chi connectivity index (χ2n) is 3.47. The highest BCUT2D eigenvalue weighted by Gasteiger charge is 2.18. The van der Waals surface area contributed by atoms with Crippen molar-refractivity contribution in [2.75, 3.05) is 0 Å². The van der Waals surface area contributed by atoms with Gasteiger partial charge >= 0.3 is 11.0 Å². The maximum absolute atomic E-state index is 10.4. The van der Waals surface area contributed by atoms with Crippen LogP contribution in [0.3, 0.4) is 0 Å². The van der Waals surface area contributed by atoms with Gasteiger partial charge in [-0.15, -0.1) is 0 Å². The Labute approximate surface area is 129 Å². The zero-order valence-corrected chi connectivity index (χ0v) is 12.6. The van der Waals surface area contributed by atoms with E-state index in [0.717, 1.165) is 11.8 Å². The van der Waals surface area contributed by atoms with E-state index in [-0.39, 0.29) is 0 Å². The zero-order valence-electron chi connectivity index (χ0n) is 10.9. The normalized spacial score (nSPS) is 19.0. The Balaban J connectivity index is 3.29. The van der Waals surface area contributed by atoms with Crippen LogP contribution in [0, 0.1) is 11.3 Å². The number of thiol groups is 1. The SMILES string of the molecule is C=C\C=C/C=C(C=C)/C(C#N)=C1\C=CS\C1=N/O[SH](=O)=O. The van der Waals surface area contributed by atoms with Crippen LogP contribution in [0.4, 0.5) is 0 Å². The van der Waals surface area contributed by atoms with E-state index in [9.17, 15) is 13.7 Å². The summed E-state index contributed by atoms with van der Waals surface area (Å²) in [4.78, 5) is 0. The molecule has 0 aromatic heterocycles. The first-order chi connectivity index (χ1) is 10.1. The summed E-state index contributed by atoms with van der Waals surface area (Å²) in [6, 6.07) is 2.07. The van der Waals surface area contributed by atoms with E-state index in [1.54, 1.807) is 35.8 Å². The lowest BCUT2D eigenvalue weighted by Crippen LogP contribution is -1.98. The van der Waals surface area contributed by atoms with E-state index in [2.05, 4.69) is 28.7 Å². The fourth-order valence-corrected chi connectivity index (χ4v) is 2.32. The third kappa shape index (κ3) is 4.95. The molecule has 0 radical (unpaired) electrons. The van der Waals surface area contributed by atoms with Gasteiger partial charge in [0.1, 0.15) is 11.1 Å². The van der Waals surface area contributed by atoms with Crippen molar-refractivity contribution in [3.05, 3.63) is 71.7 Å². The summed E-state index contributed by atoms with van der Waals surface area (Å²) in [6.07, 6.45) is 9.93. The van der Waals surface area contributed by atoms with Gasteiger partial charge in [-0.2, -0.15) is 13.7 Å². The van der Waals surface area contributed by atoms with Crippen molar-refractivity contribution >= 4 is 27.8 Å². The Kier molecular flexibility index (Phi) is 7.01. The summed E-state index contributed by atoms with van der Waals surface area (Å²) in [5, 5.41) is 14.8. The van der Waals surface area contributed by atoms with Crippen molar-refractivity contribution in [1.29, 1.82) is 5.26 Å². The Bertz CT molecular complexity index is 694. The number of nitriles is 1. The van der Waals surface area contributed by atoms with Crippen LogP contribution in [0.1, 0.15) is 0 Å². The molecule has 0 amide bonds. The van der Waals surface area contributed by atoms with Crippen LogP contribution < -0.4 is 0 Å². The van der Waals surface area contributed by atoms with Gasteiger partial charge in [0.25, 0.3) is 0 Å². The molecule has 0 fully saturated rings. The lowest BCUT2D eigenvalue weighted by atomic mass is 10.0. The summed E-state index contributed by atoms with van der Waals surface area (Å²) in [7, 11) is -3.08. The fourth-order valence-electron chi connectivity index (χ4n) is 1.40. The summed E-state index contributed by atoms with van der Waals surface area (Å²) in [5.41, 5.74) is 1.39. The number of thioether (sulfide) groups is 1. The maximum atomic E-state index is 10.4. The first-order valence-corrected chi connectivity index (χ1v) is 7.61. The van der Waals surface area contributed by atoms with Crippen LogP contribution in [0.2, 0.25) is 0 Å². The van der Waals surface area contributed by atoms with Crippen molar-refractivity contribution < 1.29 is 12.7 Å². The highest BCUT2D eigenvalue weighted by Crippen LogP contribution is 2.29. The van der Waals surface area contributed by atoms with Crippen LogP contribution in [-0.2, 0) is 15.3 Å². The average Bonchev–Trinajstić information content (AvgIpc) is 2.92. The third-order valence-corrected chi connectivity index (χ3v) is 3.25. The molecule has 7 heteroatoms. The molecule has 0 aromatic carbocycles. The minimum atomic E-state index is -3.08. The predicted molar refractivity (Wildman–Crippen MR) is 85.8 cm³/mol. The standard InChI is InChI=1S/C14H12N2O3S2/c1-3-5-6-7-11(4-2)13(10-15)12-8-9-20-14(12)16-19-21(17)18/h3-9,21H,1-2H2/b6-5-,11-7+,13-12+,16-14-. The molecule has 5 nitrogen and oxygen atoms in total. The van der Waals surface area contributed by atoms with Crippen molar-refractivity contribution in [3.63, 3.8) is 0 Å². The van der Waals surface area contributed by atoms with Gasteiger partial charge in [0.2, 0.25) is 0 Å². The number of hydrogen-bond acceptors (Lipinski definition) is 6. The summed E-state index contributed by atoms with van der Waals surface area (Å²) in [6.45, 7) is 7.22. The number of rotatable bonds is 6. The molecule has 21 heavy (non-hydrogen) atoms. The Morgan fingerprint density at radius 3 is 2.76 bits per heavy atom. The van der Waals surface area contributed by atoms with Gasteiger partial charge in [0.15, 0.2) is 0 Å². The van der Waals surface area contributed by atoms with Gasteiger partial charge < -0.3 is 0 Å². The number of hydrogen-bond donors (Lipinski definition) is 1. The second-order valence-corrected chi connectivity index (χ2v) is 4.97. The van der Waals surface area contributed by atoms with Gasteiger partial charge in [-0.05, 0) is 17.1 Å². The number of oxime groups is 1. The van der Waals surface area contributed by atoms with Crippen LogP contribution in [0.25, 0.3) is 0 Å². The monoisotopic (exact) mass is 320 g/mol. The molecule has 1 aliphatic heterocycles. The molecule has 0 saturated heterocycles. The smallest absolute Gasteiger partial charge is 0.269 e. The molecule has 0 spiro atoms. The van der Waals surface area contributed by atoms with E-state index in [1.165, 1.54) is 6.08 Å². The quantitative estimate of drug-likeness (QED) is 0.352. The molecular formula is C14H12N2O3S2. The average molecular weight is 320 g/mol. The maximum Gasteiger partial charge on any atom is 0.318 e. The molecule has 0 N–H and O–H groups in total. The fraction of sp³-hybridized carbons (Fsp3) is 0. The van der Waals surface area contributed by atoms with Crippen LogP contribution in [0.5, 0.6) is 0 Å². The molecular weight excluding hydrogens is 308 g/mol. The molecule has 0 saturated carbocycles. The highest BCUT2D eigenvalue weighted by atomic mass is 32.2. The van der Waals surface area contributed by atoms with Crippen LogP contribution in [0.15, 0.2) is 76.9 Å². The Morgan fingerprint density at radius 1 is 1.43 bits per heavy atom. The lowest BCUT2D eigenvalue weighted by molar-refractivity contribution is 0.357. The second kappa shape index (κ2) is 8.79. The molecule has 1 heterocycles. The van der Waals surface area contributed by atoms with Crippen molar-refractivity contribution in [2.45, 2.75) is 0 Å². The molecule has 1 rings (SSSR count). The van der Waals surface area contributed by atoms with E-state index < -0.39 is 11.0 Å². The van der Waals surface area contributed by atoms with Crippen LogP contribution in [-0.4, -0.2) is 13.5 Å². The van der Waals surface area contributed by atoms with Crippen molar-refractivity contribution in [3.8, 4) is 6.07 Å². The van der Waals surface area contributed by atoms with Crippen molar-refractivity contribution in [2.24, 2.45) is 5.16 Å². The van der Waals surface area contributed by atoms with E-state index in [1.807, 2.05) is 0 Å². The Morgan fingerprint density at radius 2 is 2.19 bits per heavy atom. The predicted octanol–water partition coefficient (Wildman–Crippen LogP) is 2.78. The molecule has 0 aliphatic carbocycles. The van der Waals surface area contributed by atoms with E-state index in [0.29, 0.717) is 21.8 Å². The van der Waals surface area contributed by atoms with Gasteiger partial charge in [-0.1, -0.05) is 60.5 Å². The van der Waals surface area contributed by atoms with E-state index in [4.69, 9.17) is 0 Å². The molecule has 0 aromatic rings. The molecule has 0 atom stereocenters. The molecule has 108 valence electrons. The summed E-state index contributed by atoms with van der Waals surface area (Å²) >= 11 is 1.16. The van der Waals surface area contributed by atoms with Crippen LogP contribution >= 0.6 is 11.8 Å². The van der Waals surface area contributed by atoms with Gasteiger partial charge in [-0.25, -0.2) is 0 Å². The summed E-state index contributed by atoms with van der Waals surface area (Å²) < 4.78 is 25.1. The number of allylic oxidation sites excluding steroid dienone is 8. The Hall–Kier alpha value is -2.30. The molecule has 0 bridgehead atoms. The molecule has 0 unspecified atom stereocenters. The zero-order chi connectivity index (χ0) is 15.7. The first kappa shape index (κ1) is 16.8. The van der Waals surface area contributed by atoms with Gasteiger partial charge in [0, 0.05) is 5.57 Å². The first-order valence-electron chi connectivity index (χ1n) is 5.63. The molecule has 1 aliphatic rings. The van der Waals surface area contributed by atoms with E-state index >= 15 is 0 Å². The van der Waals surface area contributed by atoms with Gasteiger partial charge in [-0.3, -0.25) is 4.28 Å². The highest BCUT2D eigenvalue weighted by molar-refractivity contribution is 8.17. The minimum absolute atomic E-state index is 0.297. The lowest BCUT2D eigenvalue weighted by Gasteiger charge is -2.03.